The number of rotatable bonds is 5. The molecule has 1 heterocycles. The molecule has 0 unspecified atom stereocenters. The molecule has 0 fully saturated rings. The van der Waals surface area contributed by atoms with E-state index in [9.17, 15) is 4.79 Å². The Balaban J connectivity index is 1.70. The molecule has 3 heteroatoms. The summed E-state index contributed by atoms with van der Waals surface area (Å²) in [5.41, 5.74) is 4.06. The lowest BCUT2D eigenvalue weighted by Gasteiger charge is -2.33. The molecule has 0 aliphatic carbocycles. The van der Waals surface area contributed by atoms with E-state index in [2.05, 4.69) is 54.6 Å². The van der Waals surface area contributed by atoms with Crippen LogP contribution >= 0.6 is 0 Å². The Kier molecular flexibility index (Phi) is 5.74. The molecule has 0 radical (unpaired) electrons. The molecular weight excluding hydrogens is 370 g/mol. The third-order valence-corrected chi connectivity index (χ3v) is 5.67. The maximum absolute atomic E-state index is 13.5. The Labute approximate surface area is 179 Å². The van der Waals surface area contributed by atoms with Crippen LogP contribution in [0.1, 0.15) is 43.4 Å². The third kappa shape index (κ3) is 4.03. The van der Waals surface area contributed by atoms with Crippen molar-refractivity contribution in [3.63, 3.8) is 0 Å². The molecule has 3 aromatic rings. The number of para-hydroxylation sites is 1. The van der Waals surface area contributed by atoms with Gasteiger partial charge in [-0.25, -0.2) is 0 Å². The number of anilines is 1. The molecule has 2 atom stereocenters. The van der Waals surface area contributed by atoms with E-state index in [0.29, 0.717) is 13.2 Å². The van der Waals surface area contributed by atoms with Crippen molar-refractivity contribution in [3.8, 4) is 0 Å². The van der Waals surface area contributed by atoms with Gasteiger partial charge in [0.05, 0.1) is 19.3 Å². The highest BCUT2D eigenvalue weighted by Gasteiger charge is 2.44. The van der Waals surface area contributed by atoms with Gasteiger partial charge in [-0.05, 0) is 22.8 Å². The van der Waals surface area contributed by atoms with Crippen LogP contribution in [0.3, 0.4) is 0 Å². The van der Waals surface area contributed by atoms with Crippen LogP contribution < -0.4 is 4.90 Å². The van der Waals surface area contributed by atoms with Crippen molar-refractivity contribution in [1.29, 1.82) is 0 Å². The number of ether oxygens (including phenoxy) is 1. The molecule has 0 saturated heterocycles. The second-order valence-electron chi connectivity index (χ2n) is 8.94. The topological polar surface area (TPSA) is 29.5 Å². The second kappa shape index (κ2) is 8.45. The minimum atomic E-state index is -0.476. The Hall–Kier alpha value is -2.91. The summed E-state index contributed by atoms with van der Waals surface area (Å²) < 4.78 is 6.19. The Bertz CT molecular complexity index is 992. The number of hydrogen-bond donors (Lipinski definition) is 0. The van der Waals surface area contributed by atoms with Gasteiger partial charge in [-0.15, -0.1) is 0 Å². The van der Waals surface area contributed by atoms with Gasteiger partial charge in [-0.2, -0.15) is 0 Å². The summed E-state index contributed by atoms with van der Waals surface area (Å²) in [5, 5.41) is 0. The third-order valence-electron chi connectivity index (χ3n) is 5.67. The number of benzene rings is 3. The van der Waals surface area contributed by atoms with Crippen LogP contribution in [-0.4, -0.2) is 18.6 Å². The molecule has 0 saturated carbocycles. The van der Waals surface area contributed by atoms with Gasteiger partial charge in [0.15, 0.2) is 0 Å². The van der Waals surface area contributed by atoms with Gasteiger partial charge in [0, 0.05) is 17.0 Å². The van der Waals surface area contributed by atoms with Gasteiger partial charge in [-0.1, -0.05) is 99.6 Å². The van der Waals surface area contributed by atoms with Crippen LogP contribution in [0.4, 0.5) is 5.69 Å². The first-order valence-corrected chi connectivity index (χ1v) is 10.6. The number of nitrogens with zero attached hydrogens (tertiary/aromatic N) is 1. The molecule has 4 rings (SSSR count). The smallest absolute Gasteiger partial charge is 0.232 e. The standard InChI is InChI=1S/C27H29NO2/c1-27(2,3)26(29)28-23-17-11-10-16-22(23)25(21-14-8-5-9-15-21)24(28)19-30-18-20-12-6-4-7-13-20/h4-17,24-25H,18-19H2,1-3H3/t24-,25+/m0/s1. The Morgan fingerprint density at radius 2 is 1.47 bits per heavy atom. The molecule has 1 aliphatic rings. The summed E-state index contributed by atoms with van der Waals surface area (Å²) in [6, 6.07) is 28.8. The molecular formula is C27H29NO2. The van der Waals surface area contributed by atoms with Crippen LogP contribution in [-0.2, 0) is 16.1 Å². The fraction of sp³-hybridized carbons (Fsp3) is 0.296. The molecule has 0 aromatic heterocycles. The largest absolute Gasteiger partial charge is 0.375 e. The van der Waals surface area contributed by atoms with E-state index in [4.69, 9.17) is 4.74 Å². The summed E-state index contributed by atoms with van der Waals surface area (Å²) >= 11 is 0. The van der Waals surface area contributed by atoms with E-state index in [1.807, 2.05) is 56.0 Å². The van der Waals surface area contributed by atoms with E-state index in [-0.39, 0.29) is 17.9 Å². The van der Waals surface area contributed by atoms with Crippen LogP contribution in [0, 0.1) is 5.41 Å². The molecule has 154 valence electrons. The van der Waals surface area contributed by atoms with Gasteiger partial charge in [0.1, 0.15) is 0 Å². The van der Waals surface area contributed by atoms with Gasteiger partial charge in [-0.3, -0.25) is 4.79 Å². The molecule has 3 nitrogen and oxygen atoms in total. The van der Waals surface area contributed by atoms with Gasteiger partial charge >= 0.3 is 0 Å². The lowest BCUT2D eigenvalue weighted by molar-refractivity contribution is -0.126. The van der Waals surface area contributed by atoms with Crippen molar-refractivity contribution in [2.45, 2.75) is 39.3 Å². The fourth-order valence-electron chi connectivity index (χ4n) is 4.23. The van der Waals surface area contributed by atoms with E-state index < -0.39 is 5.41 Å². The van der Waals surface area contributed by atoms with Crippen molar-refractivity contribution in [1.82, 2.24) is 0 Å². The van der Waals surface area contributed by atoms with E-state index in [1.165, 1.54) is 11.1 Å². The van der Waals surface area contributed by atoms with Gasteiger partial charge < -0.3 is 9.64 Å². The predicted molar refractivity (Wildman–Crippen MR) is 122 cm³/mol. The van der Waals surface area contributed by atoms with Crippen molar-refractivity contribution >= 4 is 11.6 Å². The molecule has 0 N–H and O–H groups in total. The van der Waals surface area contributed by atoms with Crippen molar-refractivity contribution < 1.29 is 9.53 Å². The van der Waals surface area contributed by atoms with Gasteiger partial charge in [0.2, 0.25) is 5.91 Å². The van der Waals surface area contributed by atoms with Gasteiger partial charge in [0.25, 0.3) is 0 Å². The van der Waals surface area contributed by atoms with Crippen molar-refractivity contribution in [2.24, 2.45) is 5.41 Å². The monoisotopic (exact) mass is 399 g/mol. The maximum atomic E-state index is 13.5. The minimum absolute atomic E-state index is 0.0831. The molecule has 1 aliphatic heterocycles. The first kappa shape index (κ1) is 20.4. The normalized spacial score (nSPS) is 18.3. The number of amides is 1. The van der Waals surface area contributed by atoms with E-state index in [0.717, 1.165) is 11.3 Å². The summed E-state index contributed by atoms with van der Waals surface area (Å²) in [7, 11) is 0. The second-order valence-corrected chi connectivity index (χ2v) is 8.94. The van der Waals surface area contributed by atoms with Crippen LogP contribution in [0.15, 0.2) is 84.9 Å². The number of carbonyl (C=O) groups is 1. The van der Waals surface area contributed by atoms with Crippen molar-refractivity contribution in [3.05, 3.63) is 102 Å². The zero-order valence-electron chi connectivity index (χ0n) is 17.9. The Morgan fingerprint density at radius 3 is 2.13 bits per heavy atom. The Morgan fingerprint density at radius 1 is 0.867 bits per heavy atom. The highest BCUT2D eigenvalue weighted by Crippen LogP contribution is 2.46. The molecule has 3 aromatic carbocycles. The number of carbonyl (C=O) groups excluding carboxylic acids is 1. The molecule has 1 amide bonds. The first-order chi connectivity index (χ1) is 14.5. The average Bonchev–Trinajstić information content (AvgIpc) is 3.07. The maximum Gasteiger partial charge on any atom is 0.232 e. The van der Waals surface area contributed by atoms with E-state index in [1.54, 1.807) is 0 Å². The highest BCUT2D eigenvalue weighted by atomic mass is 16.5. The highest BCUT2D eigenvalue weighted by molar-refractivity contribution is 6.00. The van der Waals surface area contributed by atoms with Crippen LogP contribution in [0.25, 0.3) is 0 Å². The number of hydrogen-bond acceptors (Lipinski definition) is 2. The zero-order valence-corrected chi connectivity index (χ0v) is 17.9. The average molecular weight is 400 g/mol. The summed E-state index contributed by atoms with van der Waals surface area (Å²) in [4.78, 5) is 15.5. The molecule has 0 bridgehead atoms. The zero-order chi connectivity index (χ0) is 21.1. The SMILES string of the molecule is CC(C)(C)C(=O)N1c2ccccc2[C@@H](c2ccccc2)[C@@H]1COCc1ccccc1. The van der Waals surface area contributed by atoms with Crippen molar-refractivity contribution in [2.75, 3.05) is 11.5 Å². The molecule has 30 heavy (non-hydrogen) atoms. The predicted octanol–water partition coefficient (Wildman–Crippen LogP) is 5.80. The van der Waals surface area contributed by atoms with Crippen LogP contribution in [0.2, 0.25) is 0 Å². The summed E-state index contributed by atoms with van der Waals surface area (Å²) in [5.74, 6) is 0.214. The summed E-state index contributed by atoms with van der Waals surface area (Å²) in [6.45, 7) is 6.96. The minimum Gasteiger partial charge on any atom is -0.375 e. The van der Waals surface area contributed by atoms with E-state index >= 15 is 0 Å². The quantitative estimate of drug-likeness (QED) is 0.543. The fourth-order valence-corrected chi connectivity index (χ4v) is 4.23. The lowest BCUT2D eigenvalue weighted by Crippen LogP contribution is -2.47. The first-order valence-electron chi connectivity index (χ1n) is 10.6. The summed E-state index contributed by atoms with van der Waals surface area (Å²) in [6.07, 6.45) is 0. The number of fused-ring (bicyclic) bond motifs is 1. The lowest BCUT2D eigenvalue weighted by atomic mass is 9.87. The molecule has 0 spiro atoms. The van der Waals surface area contributed by atoms with Crippen LogP contribution in [0.5, 0.6) is 0 Å².